The lowest BCUT2D eigenvalue weighted by Crippen LogP contribution is -2.32. The van der Waals surface area contributed by atoms with Gasteiger partial charge in [0.2, 0.25) is 0 Å². The molecule has 1 fully saturated rings. The second-order valence-corrected chi connectivity index (χ2v) is 4.92. The Bertz CT molecular complexity index is 440. The number of amides is 1. The van der Waals surface area contributed by atoms with Crippen molar-refractivity contribution in [1.82, 2.24) is 5.32 Å². The molecule has 1 saturated heterocycles. The van der Waals surface area contributed by atoms with Gasteiger partial charge in [0.15, 0.2) is 0 Å². The molecule has 4 heteroatoms. The monoisotopic (exact) mass is 262 g/mol. The summed E-state index contributed by atoms with van der Waals surface area (Å²) in [5.41, 5.74) is 2.68. The number of aryl methyl sites for hydroxylation is 1. The summed E-state index contributed by atoms with van der Waals surface area (Å²) < 4.78 is 5.51. The van der Waals surface area contributed by atoms with Crippen LogP contribution in [0.1, 0.15) is 35.7 Å². The molecular weight excluding hydrogens is 240 g/mol. The van der Waals surface area contributed by atoms with E-state index in [4.69, 9.17) is 4.74 Å². The van der Waals surface area contributed by atoms with E-state index in [9.17, 15) is 4.79 Å². The highest BCUT2D eigenvalue weighted by Crippen LogP contribution is 2.17. The summed E-state index contributed by atoms with van der Waals surface area (Å²) in [5, 5.41) is 6.18. The number of benzene rings is 1. The first-order valence-corrected chi connectivity index (χ1v) is 6.95. The summed E-state index contributed by atoms with van der Waals surface area (Å²) in [4.78, 5) is 12.2. The van der Waals surface area contributed by atoms with Crippen LogP contribution >= 0.6 is 0 Å². The highest BCUT2D eigenvalue weighted by Gasteiger charge is 2.17. The van der Waals surface area contributed by atoms with Crippen molar-refractivity contribution in [3.05, 3.63) is 29.3 Å². The summed E-state index contributed by atoms with van der Waals surface area (Å²) in [6.45, 7) is 6.22. The SMILES string of the molecule is CCNc1ccc(C)cc1C(=O)NCC1CCCO1. The van der Waals surface area contributed by atoms with Gasteiger partial charge in [0.25, 0.3) is 5.91 Å². The van der Waals surface area contributed by atoms with E-state index >= 15 is 0 Å². The largest absolute Gasteiger partial charge is 0.385 e. The van der Waals surface area contributed by atoms with Crippen LogP contribution in [0.15, 0.2) is 18.2 Å². The number of carbonyl (C=O) groups is 1. The quantitative estimate of drug-likeness (QED) is 0.856. The maximum atomic E-state index is 12.2. The Morgan fingerprint density at radius 3 is 3.00 bits per heavy atom. The first kappa shape index (κ1) is 13.9. The van der Waals surface area contributed by atoms with Crippen molar-refractivity contribution in [3.8, 4) is 0 Å². The third-order valence-corrected chi connectivity index (χ3v) is 3.30. The highest BCUT2D eigenvalue weighted by atomic mass is 16.5. The van der Waals surface area contributed by atoms with Gasteiger partial charge in [-0.3, -0.25) is 4.79 Å². The van der Waals surface area contributed by atoms with Crippen LogP contribution in [-0.4, -0.2) is 31.7 Å². The molecule has 0 radical (unpaired) electrons. The Labute approximate surface area is 114 Å². The van der Waals surface area contributed by atoms with Crippen molar-refractivity contribution in [2.45, 2.75) is 32.8 Å². The molecule has 2 rings (SSSR count). The molecule has 1 aromatic rings. The lowest BCUT2D eigenvalue weighted by molar-refractivity contribution is 0.0858. The van der Waals surface area contributed by atoms with Crippen molar-refractivity contribution in [3.63, 3.8) is 0 Å². The second-order valence-electron chi connectivity index (χ2n) is 4.92. The molecule has 1 aliphatic heterocycles. The number of hydrogen-bond acceptors (Lipinski definition) is 3. The fourth-order valence-corrected chi connectivity index (χ4v) is 2.30. The normalized spacial score (nSPS) is 18.3. The zero-order valence-electron chi connectivity index (χ0n) is 11.7. The maximum absolute atomic E-state index is 12.2. The van der Waals surface area contributed by atoms with Gasteiger partial charge in [0.05, 0.1) is 11.7 Å². The van der Waals surface area contributed by atoms with E-state index in [1.54, 1.807) is 0 Å². The number of hydrogen-bond donors (Lipinski definition) is 2. The first-order chi connectivity index (χ1) is 9.20. The molecule has 104 valence electrons. The average molecular weight is 262 g/mol. The molecule has 0 saturated carbocycles. The maximum Gasteiger partial charge on any atom is 0.253 e. The Balaban J connectivity index is 2.02. The number of ether oxygens (including phenoxy) is 1. The molecule has 0 spiro atoms. The van der Waals surface area contributed by atoms with E-state index in [1.807, 2.05) is 32.0 Å². The van der Waals surface area contributed by atoms with Crippen molar-refractivity contribution in [1.29, 1.82) is 0 Å². The Hall–Kier alpha value is -1.55. The van der Waals surface area contributed by atoms with Crippen molar-refractivity contribution in [2.75, 3.05) is 25.0 Å². The van der Waals surface area contributed by atoms with E-state index in [1.165, 1.54) is 0 Å². The predicted molar refractivity (Wildman–Crippen MR) is 76.6 cm³/mol. The van der Waals surface area contributed by atoms with Gasteiger partial charge in [-0.25, -0.2) is 0 Å². The zero-order valence-corrected chi connectivity index (χ0v) is 11.7. The fraction of sp³-hybridized carbons (Fsp3) is 0.533. The first-order valence-electron chi connectivity index (χ1n) is 6.95. The molecule has 1 unspecified atom stereocenters. The number of nitrogens with one attached hydrogen (secondary N) is 2. The van der Waals surface area contributed by atoms with Crippen LogP contribution in [-0.2, 0) is 4.74 Å². The van der Waals surface area contributed by atoms with Gasteiger partial charge < -0.3 is 15.4 Å². The molecule has 1 aliphatic rings. The second kappa shape index (κ2) is 6.57. The lowest BCUT2D eigenvalue weighted by Gasteiger charge is -2.14. The van der Waals surface area contributed by atoms with Crippen LogP contribution in [0.2, 0.25) is 0 Å². The zero-order chi connectivity index (χ0) is 13.7. The van der Waals surface area contributed by atoms with E-state index in [-0.39, 0.29) is 12.0 Å². The van der Waals surface area contributed by atoms with Gasteiger partial charge >= 0.3 is 0 Å². The highest BCUT2D eigenvalue weighted by molar-refractivity contribution is 5.99. The predicted octanol–water partition coefficient (Wildman–Crippen LogP) is 2.34. The third-order valence-electron chi connectivity index (χ3n) is 3.30. The van der Waals surface area contributed by atoms with Gasteiger partial charge in [-0.15, -0.1) is 0 Å². The number of carbonyl (C=O) groups excluding carboxylic acids is 1. The number of anilines is 1. The summed E-state index contributed by atoms with van der Waals surface area (Å²) in [5.74, 6) is -0.0323. The molecule has 4 nitrogen and oxygen atoms in total. The van der Waals surface area contributed by atoms with Crippen LogP contribution in [0.4, 0.5) is 5.69 Å². The molecule has 1 aromatic carbocycles. The van der Waals surface area contributed by atoms with Crippen molar-refractivity contribution in [2.24, 2.45) is 0 Å². The summed E-state index contributed by atoms with van der Waals surface area (Å²) >= 11 is 0. The van der Waals surface area contributed by atoms with E-state index < -0.39 is 0 Å². The molecule has 2 N–H and O–H groups in total. The Morgan fingerprint density at radius 1 is 1.47 bits per heavy atom. The molecule has 0 bridgehead atoms. The van der Waals surface area contributed by atoms with Crippen LogP contribution in [0.25, 0.3) is 0 Å². The minimum absolute atomic E-state index is 0.0323. The van der Waals surface area contributed by atoms with Crippen LogP contribution in [0, 0.1) is 6.92 Å². The van der Waals surface area contributed by atoms with Crippen LogP contribution in [0.5, 0.6) is 0 Å². The van der Waals surface area contributed by atoms with Gasteiger partial charge in [-0.05, 0) is 38.8 Å². The minimum atomic E-state index is -0.0323. The Morgan fingerprint density at radius 2 is 2.32 bits per heavy atom. The van der Waals surface area contributed by atoms with Crippen molar-refractivity contribution >= 4 is 11.6 Å². The summed E-state index contributed by atoms with van der Waals surface area (Å²) in [7, 11) is 0. The fourth-order valence-electron chi connectivity index (χ4n) is 2.30. The van der Waals surface area contributed by atoms with E-state index in [0.29, 0.717) is 12.1 Å². The topological polar surface area (TPSA) is 50.4 Å². The van der Waals surface area contributed by atoms with Crippen LogP contribution < -0.4 is 10.6 Å². The summed E-state index contributed by atoms with van der Waals surface area (Å²) in [6, 6.07) is 5.89. The Kier molecular flexibility index (Phi) is 4.80. The smallest absolute Gasteiger partial charge is 0.253 e. The molecular formula is C15H22N2O2. The van der Waals surface area contributed by atoms with Gasteiger partial charge in [-0.2, -0.15) is 0 Å². The average Bonchev–Trinajstić information content (AvgIpc) is 2.91. The lowest BCUT2D eigenvalue weighted by atomic mass is 10.1. The van der Waals surface area contributed by atoms with Gasteiger partial charge in [-0.1, -0.05) is 11.6 Å². The minimum Gasteiger partial charge on any atom is -0.385 e. The third kappa shape index (κ3) is 3.70. The molecule has 1 heterocycles. The molecule has 0 aliphatic carbocycles. The van der Waals surface area contributed by atoms with Crippen LogP contribution in [0.3, 0.4) is 0 Å². The van der Waals surface area contributed by atoms with E-state index in [2.05, 4.69) is 10.6 Å². The van der Waals surface area contributed by atoms with E-state index in [0.717, 1.165) is 37.2 Å². The summed E-state index contributed by atoms with van der Waals surface area (Å²) in [6.07, 6.45) is 2.30. The van der Waals surface area contributed by atoms with Gasteiger partial charge in [0, 0.05) is 25.4 Å². The van der Waals surface area contributed by atoms with Gasteiger partial charge in [0.1, 0.15) is 0 Å². The molecule has 1 atom stereocenters. The molecule has 0 aromatic heterocycles. The number of rotatable bonds is 5. The molecule has 1 amide bonds. The standard InChI is InChI=1S/C15H22N2O2/c1-3-16-14-7-6-11(2)9-13(14)15(18)17-10-12-5-4-8-19-12/h6-7,9,12,16H,3-5,8,10H2,1-2H3,(H,17,18). The molecule has 19 heavy (non-hydrogen) atoms. The van der Waals surface area contributed by atoms with Crippen molar-refractivity contribution < 1.29 is 9.53 Å².